The molecule has 2 heterocycles. The highest BCUT2D eigenvalue weighted by atomic mass is 19.1. The van der Waals surface area contributed by atoms with Crippen molar-refractivity contribution in [2.24, 2.45) is 0 Å². The van der Waals surface area contributed by atoms with E-state index in [9.17, 15) is 9.18 Å². The lowest BCUT2D eigenvalue weighted by molar-refractivity contribution is -0.118. The van der Waals surface area contributed by atoms with Crippen LogP contribution in [0.4, 0.5) is 10.1 Å². The molecule has 25 heavy (non-hydrogen) atoms. The largest absolute Gasteiger partial charge is 0.481 e. The Bertz CT molecular complexity index is 701. The Morgan fingerprint density at radius 2 is 2.08 bits per heavy atom. The number of hydrogen-bond donors (Lipinski definition) is 1. The van der Waals surface area contributed by atoms with E-state index in [1.807, 2.05) is 0 Å². The predicted octanol–water partition coefficient (Wildman–Crippen LogP) is 1.37. The Morgan fingerprint density at radius 3 is 2.88 bits per heavy atom. The van der Waals surface area contributed by atoms with Gasteiger partial charge in [0.25, 0.3) is 5.91 Å². The number of amides is 1. The first-order valence-corrected chi connectivity index (χ1v) is 8.20. The summed E-state index contributed by atoms with van der Waals surface area (Å²) in [7, 11) is 0. The molecule has 2 aromatic rings. The molecule has 7 nitrogen and oxygen atoms in total. The van der Waals surface area contributed by atoms with Gasteiger partial charge in [-0.3, -0.25) is 14.4 Å². The van der Waals surface area contributed by atoms with Crippen molar-refractivity contribution < 1.29 is 18.7 Å². The number of rotatable bonds is 7. The number of hydrogen-bond acceptors (Lipinski definition) is 5. The maximum atomic E-state index is 13.4. The molecular weight excluding hydrogens is 327 g/mol. The summed E-state index contributed by atoms with van der Waals surface area (Å²) in [6.45, 7) is 4.75. The highest BCUT2D eigenvalue weighted by Crippen LogP contribution is 2.15. The predicted molar refractivity (Wildman–Crippen MR) is 90.0 cm³/mol. The standard InChI is InChI=1S/C17H21FN4O3/c18-15-3-1-2-4-16(15)25-13-17(23)20-14-11-19-22(12-14)6-5-21-7-9-24-10-8-21/h1-4,11-12H,5-10,13H2,(H,20,23). The maximum absolute atomic E-state index is 13.4. The third kappa shape index (κ3) is 5.27. The second-order valence-corrected chi connectivity index (χ2v) is 5.71. The van der Waals surface area contributed by atoms with Gasteiger partial charge in [-0.1, -0.05) is 12.1 Å². The normalized spacial score (nSPS) is 15.1. The van der Waals surface area contributed by atoms with Gasteiger partial charge in [-0.25, -0.2) is 4.39 Å². The summed E-state index contributed by atoms with van der Waals surface area (Å²) in [5.41, 5.74) is 0.587. The summed E-state index contributed by atoms with van der Waals surface area (Å²) >= 11 is 0. The zero-order chi connectivity index (χ0) is 17.5. The molecule has 1 aliphatic heterocycles. The van der Waals surface area contributed by atoms with Crippen LogP contribution in [-0.2, 0) is 16.1 Å². The van der Waals surface area contributed by atoms with Gasteiger partial charge in [0.1, 0.15) is 0 Å². The molecule has 0 spiro atoms. The smallest absolute Gasteiger partial charge is 0.262 e. The number of ether oxygens (including phenoxy) is 2. The second-order valence-electron chi connectivity index (χ2n) is 5.71. The fraction of sp³-hybridized carbons (Fsp3) is 0.412. The maximum Gasteiger partial charge on any atom is 0.262 e. The molecule has 0 aliphatic carbocycles. The lowest BCUT2D eigenvalue weighted by atomic mass is 10.3. The first kappa shape index (κ1) is 17.4. The van der Waals surface area contributed by atoms with E-state index in [1.165, 1.54) is 12.1 Å². The molecule has 1 aromatic carbocycles. The molecule has 8 heteroatoms. The minimum Gasteiger partial charge on any atom is -0.481 e. The van der Waals surface area contributed by atoms with Gasteiger partial charge in [0, 0.05) is 25.8 Å². The molecule has 1 fully saturated rings. The highest BCUT2D eigenvalue weighted by Gasteiger charge is 2.11. The average Bonchev–Trinajstić information content (AvgIpc) is 3.07. The average molecular weight is 348 g/mol. The zero-order valence-electron chi connectivity index (χ0n) is 13.9. The van der Waals surface area contributed by atoms with Crippen molar-refractivity contribution in [2.75, 3.05) is 44.8 Å². The monoisotopic (exact) mass is 348 g/mol. The molecule has 1 saturated heterocycles. The van der Waals surface area contributed by atoms with E-state index in [2.05, 4.69) is 15.3 Å². The van der Waals surface area contributed by atoms with E-state index in [0.717, 1.165) is 39.4 Å². The van der Waals surface area contributed by atoms with Gasteiger partial charge in [0.05, 0.1) is 31.6 Å². The molecule has 134 valence electrons. The van der Waals surface area contributed by atoms with Crippen LogP contribution in [0.25, 0.3) is 0 Å². The molecule has 1 aromatic heterocycles. The SMILES string of the molecule is O=C(COc1ccccc1F)Nc1cnn(CCN2CCOCC2)c1. The van der Waals surface area contributed by atoms with Crippen molar-refractivity contribution in [3.63, 3.8) is 0 Å². The van der Waals surface area contributed by atoms with Crippen LogP contribution in [-0.4, -0.2) is 60.0 Å². The van der Waals surface area contributed by atoms with E-state index >= 15 is 0 Å². The van der Waals surface area contributed by atoms with E-state index in [4.69, 9.17) is 9.47 Å². The number of carbonyl (C=O) groups is 1. The van der Waals surface area contributed by atoms with E-state index in [-0.39, 0.29) is 18.3 Å². The van der Waals surface area contributed by atoms with Crippen LogP contribution in [0.1, 0.15) is 0 Å². The van der Waals surface area contributed by atoms with Crippen LogP contribution >= 0.6 is 0 Å². The number of morpholine rings is 1. The fourth-order valence-corrected chi connectivity index (χ4v) is 2.52. The molecule has 3 rings (SSSR count). The molecular formula is C17H21FN4O3. The van der Waals surface area contributed by atoms with Gasteiger partial charge in [-0.2, -0.15) is 5.10 Å². The van der Waals surface area contributed by atoms with Crippen LogP contribution in [0.3, 0.4) is 0 Å². The van der Waals surface area contributed by atoms with Crippen molar-refractivity contribution in [3.8, 4) is 5.75 Å². The topological polar surface area (TPSA) is 68.6 Å². The first-order valence-electron chi connectivity index (χ1n) is 8.20. The van der Waals surface area contributed by atoms with Gasteiger partial charge < -0.3 is 14.8 Å². The summed E-state index contributed by atoms with van der Waals surface area (Å²) in [5.74, 6) is -0.805. The Morgan fingerprint density at radius 1 is 1.28 bits per heavy atom. The summed E-state index contributed by atoms with van der Waals surface area (Å²) in [4.78, 5) is 14.2. The van der Waals surface area contributed by atoms with Crippen molar-refractivity contribution in [1.82, 2.24) is 14.7 Å². The highest BCUT2D eigenvalue weighted by molar-refractivity contribution is 5.91. The summed E-state index contributed by atoms with van der Waals surface area (Å²) < 4.78 is 25.7. The van der Waals surface area contributed by atoms with Crippen molar-refractivity contribution >= 4 is 11.6 Å². The first-order chi connectivity index (χ1) is 12.2. The van der Waals surface area contributed by atoms with Crippen LogP contribution < -0.4 is 10.1 Å². The van der Waals surface area contributed by atoms with Crippen molar-refractivity contribution in [3.05, 3.63) is 42.5 Å². The molecule has 0 atom stereocenters. The third-order valence-corrected chi connectivity index (χ3v) is 3.86. The summed E-state index contributed by atoms with van der Waals surface area (Å²) in [5, 5.41) is 6.92. The third-order valence-electron chi connectivity index (χ3n) is 3.86. The van der Waals surface area contributed by atoms with Gasteiger partial charge in [-0.05, 0) is 12.1 Å². The molecule has 0 unspecified atom stereocenters. The quantitative estimate of drug-likeness (QED) is 0.819. The van der Waals surface area contributed by atoms with E-state index in [1.54, 1.807) is 29.2 Å². The van der Waals surface area contributed by atoms with E-state index in [0.29, 0.717) is 5.69 Å². The molecule has 1 amide bonds. The Labute approximate surface area is 145 Å². The van der Waals surface area contributed by atoms with Gasteiger partial charge in [-0.15, -0.1) is 0 Å². The summed E-state index contributed by atoms with van der Waals surface area (Å²) in [6.07, 6.45) is 3.35. The summed E-state index contributed by atoms with van der Waals surface area (Å²) in [6, 6.07) is 5.97. The number of para-hydroxylation sites is 1. The van der Waals surface area contributed by atoms with Crippen molar-refractivity contribution in [1.29, 1.82) is 0 Å². The minimum absolute atomic E-state index is 0.0545. The Kier molecular flexibility index (Phi) is 5.97. The Hall–Kier alpha value is -2.45. The van der Waals surface area contributed by atoms with Gasteiger partial charge in [0.15, 0.2) is 18.2 Å². The lowest BCUT2D eigenvalue weighted by Crippen LogP contribution is -2.38. The van der Waals surface area contributed by atoms with Crippen LogP contribution in [0.15, 0.2) is 36.7 Å². The van der Waals surface area contributed by atoms with Gasteiger partial charge in [0.2, 0.25) is 0 Å². The minimum atomic E-state index is -0.494. The molecule has 1 aliphatic rings. The number of halogens is 1. The molecule has 0 bridgehead atoms. The van der Waals surface area contributed by atoms with E-state index < -0.39 is 5.82 Å². The number of aromatic nitrogens is 2. The van der Waals surface area contributed by atoms with Gasteiger partial charge >= 0.3 is 0 Å². The number of benzene rings is 1. The lowest BCUT2D eigenvalue weighted by Gasteiger charge is -2.26. The van der Waals surface area contributed by atoms with Crippen molar-refractivity contribution in [2.45, 2.75) is 6.54 Å². The number of anilines is 1. The van der Waals surface area contributed by atoms with Crippen LogP contribution in [0, 0.1) is 5.82 Å². The fourth-order valence-electron chi connectivity index (χ4n) is 2.52. The Balaban J connectivity index is 1.42. The molecule has 0 radical (unpaired) electrons. The number of nitrogens with one attached hydrogen (secondary N) is 1. The number of carbonyl (C=O) groups excluding carboxylic acids is 1. The molecule has 0 saturated carbocycles. The zero-order valence-corrected chi connectivity index (χ0v) is 13.9. The number of nitrogens with zero attached hydrogens (tertiary/aromatic N) is 3. The second kappa shape index (κ2) is 8.59. The van der Waals surface area contributed by atoms with Crippen LogP contribution in [0.5, 0.6) is 5.75 Å². The van der Waals surface area contributed by atoms with Crippen LogP contribution in [0.2, 0.25) is 0 Å². The molecule has 1 N–H and O–H groups in total.